The van der Waals surface area contributed by atoms with E-state index in [0.717, 1.165) is 29.2 Å². The van der Waals surface area contributed by atoms with Crippen molar-refractivity contribution in [2.75, 3.05) is 5.32 Å². The number of hydrogen-bond acceptors (Lipinski definition) is 5. The van der Waals surface area contributed by atoms with Crippen LogP contribution in [0.25, 0.3) is 5.69 Å². The molecule has 0 fully saturated rings. The zero-order chi connectivity index (χ0) is 15.8. The Labute approximate surface area is 138 Å². The maximum Gasteiger partial charge on any atom is 0.222 e. The Morgan fingerprint density at radius 3 is 2.65 bits per heavy atom. The fourth-order valence-electron chi connectivity index (χ4n) is 2.83. The molecule has 0 saturated heterocycles. The normalized spacial score (nSPS) is 16.3. The highest BCUT2D eigenvalue weighted by Gasteiger charge is 2.22. The predicted octanol–water partition coefficient (Wildman–Crippen LogP) is 2.60. The van der Waals surface area contributed by atoms with E-state index in [0.29, 0.717) is 12.0 Å². The van der Waals surface area contributed by atoms with Gasteiger partial charge in [-0.2, -0.15) is 10.2 Å². The molecule has 1 atom stereocenters. The summed E-state index contributed by atoms with van der Waals surface area (Å²) < 4.78 is 0. The number of aromatic nitrogens is 5. The molecule has 3 aromatic rings. The SMILES string of the molecule is Cc1cnn(-c2cnc(NC3Cc4ccc(Cl)cc4C3)nc2)n1. The van der Waals surface area contributed by atoms with E-state index >= 15 is 0 Å². The molecule has 0 saturated carbocycles. The van der Waals surface area contributed by atoms with Crippen molar-refractivity contribution in [3.05, 3.63) is 58.6 Å². The number of aryl methyl sites for hydroxylation is 1. The average molecular weight is 327 g/mol. The molecule has 0 bridgehead atoms. The minimum absolute atomic E-state index is 0.291. The lowest BCUT2D eigenvalue weighted by Crippen LogP contribution is -2.21. The van der Waals surface area contributed by atoms with Gasteiger partial charge in [-0.1, -0.05) is 17.7 Å². The fraction of sp³-hybridized carbons (Fsp3) is 0.250. The van der Waals surface area contributed by atoms with Crippen LogP contribution in [0, 0.1) is 6.92 Å². The highest BCUT2D eigenvalue weighted by Crippen LogP contribution is 2.26. The number of nitrogens with one attached hydrogen (secondary N) is 1. The van der Waals surface area contributed by atoms with Crippen molar-refractivity contribution in [1.82, 2.24) is 25.0 Å². The maximum absolute atomic E-state index is 6.05. The van der Waals surface area contributed by atoms with Gasteiger partial charge in [0.2, 0.25) is 5.95 Å². The molecule has 23 heavy (non-hydrogen) atoms. The van der Waals surface area contributed by atoms with Crippen LogP contribution in [-0.2, 0) is 12.8 Å². The lowest BCUT2D eigenvalue weighted by Gasteiger charge is -2.11. The Morgan fingerprint density at radius 1 is 1.13 bits per heavy atom. The highest BCUT2D eigenvalue weighted by atomic mass is 35.5. The van der Waals surface area contributed by atoms with Crippen molar-refractivity contribution < 1.29 is 0 Å². The summed E-state index contributed by atoms with van der Waals surface area (Å²) >= 11 is 6.05. The highest BCUT2D eigenvalue weighted by molar-refractivity contribution is 6.30. The van der Waals surface area contributed by atoms with E-state index in [1.54, 1.807) is 18.6 Å². The minimum atomic E-state index is 0.291. The molecule has 1 aromatic carbocycles. The number of halogens is 1. The molecular weight excluding hydrogens is 312 g/mol. The van der Waals surface area contributed by atoms with Gasteiger partial charge >= 0.3 is 0 Å². The van der Waals surface area contributed by atoms with Crippen LogP contribution in [0.5, 0.6) is 0 Å². The molecule has 2 aromatic heterocycles. The topological polar surface area (TPSA) is 68.5 Å². The number of anilines is 1. The fourth-order valence-corrected chi connectivity index (χ4v) is 3.03. The summed E-state index contributed by atoms with van der Waals surface area (Å²) in [5, 5.41) is 12.5. The van der Waals surface area contributed by atoms with Gasteiger partial charge in [0.1, 0.15) is 5.69 Å². The quantitative estimate of drug-likeness (QED) is 0.801. The molecule has 7 heteroatoms. The Kier molecular flexibility index (Phi) is 3.46. The Balaban J connectivity index is 1.46. The number of nitrogens with zero attached hydrogens (tertiary/aromatic N) is 5. The zero-order valence-corrected chi connectivity index (χ0v) is 13.3. The molecule has 0 amide bonds. The van der Waals surface area contributed by atoms with Crippen molar-refractivity contribution in [1.29, 1.82) is 0 Å². The van der Waals surface area contributed by atoms with Crippen molar-refractivity contribution in [2.45, 2.75) is 25.8 Å². The van der Waals surface area contributed by atoms with Gasteiger partial charge in [-0.25, -0.2) is 9.97 Å². The first-order valence-corrected chi connectivity index (χ1v) is 7.80. The first-order chi connectivity index (χ1) is 11.2. The van der Waals surface area contributed by atoms with Crippen LogP contribution in [0.3, 0.4) is 0 Å². The molecule has 0 aliphatic heterocycles. The largest absolute Gasteiger partial charge is 0.351 e. The number of benzene rings is 1. The van der Waals surface area contributed by atoms with Gasteiger partial charge in [-0.15, -0.1) is 4.80 Å². The molecule has 6 nitrogen and oxygen atoms in total. The molecular formula is C16H15ClN6. The third-order valence-electron chi connectivity index (χ3n) is 3.91. The van der Waals surface area contributed by atoms with Gasteiger partial charge in [0.05, 0.1) is 24.3 Å². The summed E-state index contributed by atoms with van der Waals surface area (Å²) in [6.07, 6.45) is 7.02. The van der Waals surface area contributed by atoms with Crippen molar-refractivity contribution >= 4 is 17.5 Å². The van der Waals surface area contributed by atoms with Crippen molar-refractivity contribution in [2.24, 2.45) is 0 Å². The van der Waals surface area contributed by atoms with Crippen molar-refractivity contribution in [3.63, 3.8) is 0 Å². The van der Waals surface area contributed by atoms with E-state index < -0.39 is 0 Å². The number of fused-ring (bicyclic) bond motifs is 1. The average Bonchev–Trinajstić information content (AvgIpc) is 3.13. The van der Waals surface area contributed by atoms with Crippen molar-refractivity contribution in [3.8, 4) is 5.69 Å². The van der Waals surface area contributed by atoms with Gasteiger partial charge in [0, 0.05) is 11.1 Å². The summed E-state index contributed by atoms with van der Waals surface area (Å²) in [5.74, 6) is 0.613. The Hall–Kier alpha value is -2.47. The number of rotatable bonds is 3. The molecule has 2 heterocycles. The molecule has 0 spiro atoms. The second-order valence-corrected chi connectivity index (χ2v) is 6.14. The zero-order valence-electron chi connectivity index (χ0n) is 12.6. The predicted molar refractivity (Wildman–Crippen MR) is 88.0 cm³/mol. The smallest absolute Gasteiger partial charge is 0.222 e. The molecule has 0 radical (unpaired) electrons. The maximum atomic E-state index is 6.05. The molecule has 1 N–H and O–H groups in total. The third-order valence-corrected chi connectivity index (χ3v) is 4.14. The molecule has 4 rings (SSSR count). The first kappa shape index (κ1) is 14.1. The third kappa shape index (κ3) is 2.90. The minimum Gasteiger partial charge on any atom is -0.351 e. The second-order valence-electron chi connectivity index (χ2n) is 5.70. The Bertz CT molecular complexity index is 842. The van der Waals surface area contributed by atoms with E-state index in [1.807, 2.05) is 19.1 Å². The van der Waals surface area contributed by atoms with Gasteiger partial charge in [-0.05, 0) is 43.0 Å². The molecule has 1 unspecified atom stereocenters. The summed E-state index contributed by atoms with van der Waals surface area (Å²) in [6, 6.07) is 6.36. The second kappa shape index (κ2) is 5.62. The van der Waals surface area contributed by atoms with Crippen LogP contribution in [0.4, 0.5) is 5.95 Å². The van der Waals surface area contributed by atoms with E-state index in [1.165, 1.54) is 15.9 Å². The van der Waals surface area contributed by atoms with Crippen LogP contribution < -0.4 is 5.32 Å². The lowest BCUT2D eigenvalue weighted by molar-refractivity contribution is 0.731. The molecule has 116 valence electrons. The standard InChI is InChI=1S/C16H15ClN6/c1-10-7-20-23(22-10)15-8-18-16(19-9-15)21-14-5-11-2-3-13(17)4-12(11)6-14/h2-4,7-9,14H,5-6H2,1H3,(H,18,19,21). The lowest BCUT2D eigenvalue weighted by atomic mass is 10.1. The van der Waals surface area contributed by atoms with Gasteiger partial charge in [0.25, 0.3) is 0 Å². The van der Waals surface area contributed by atoms with E-state index in [9.17, 15) is 0 Å². The van der Waals surface area contributed by atoms with Gasteiger partial charge < -0.3 is 5.32 Å². The summed E-state index contributed by atoms with van der Waals surface area (Å²) in [5.41, 5.74) is 4.22. The summed E-state index contributed by atoms with van der Waals surface area (Å²) in [7, 11) is 0. The molecule has 1 aliphatic carbocycles. The van der Waals surface area contributed by atoms with Crippen LogP contribution in [0.15, 0.2) is 36.8 Å². The van der Waals surface area contributed by atoms with Crippen LogP contribution in [0.1, 0.15) is 16.8 Å². The number of hydrogen-bond donors (Lipinski definition) is 1. The van der Waals surface area contributed by atoms with E-state index in [2.05, 4.69) is 31.5 Å². The van der Waals surface area contributed by atoms with E-state index in [4.69, 9.17) is 11.6 Å². The van der Waals surface area contributed by atoms with Gasteiger partial charge in [0.15, 0.2) is 0 Å². The van der Waals surface area contributed by atoms with E-state index in [-0.39, 0.29) is 0 Å². The summed E-state index contributed by atoms with van der Waals surface area (Å²) in [6.45, 7) is 1.89. The van der Waals surface area contributed by atoms with Crippen LogP contribution >= 0.6 is 11.6 Å². The van der Waals surface area contributed by atoms with Crippen LogP contribution in [-0.4, -0.2) is 31.0 Å². The van der Waals surface area contributed by atoms with Crippen LogP contribution in [0.2, 0.25) is 5.02 Å². The first-order valence-electron chi connectivity index (χ1n) is 7.42. The molecule has 1 aliphatic rings. The van der Waals surface area contributed by atoms with Gasteiger partial charge in [-0.3, -0.25) is 0 Å². The monoisotopic (exact) mass is 326 g/mol. The summed E-state index contributed by atoms with van der Waals surface area (Å²) in [4.78, 5) is 10.2. The Morgan fingerprint density at radius 2 is 1.91 bits per heavy atom.